The van der Waals surface area contributed by atoms with E-state index in [0.29, 0.717) is 6.54 Å². The summed E-state index contributed by atoms with van der Waals surface area (Å²) in [5.74, 6) is -0.486. The first kappa shape index (κ1) is 18.7. The molecule has 1 unspecified atom stereocenters. The van der Waals surface area contributed by atoms with Gasteiger partial charge in [-0.15, -0.1) is 0 Å². The van der Waals surface area contributed by atoms with Gasteiger partial charge in [0.2, 0.25) is 11.8 Å². The Morgan fingerprint density at radius 1 is 1.16 bits per heavy atom. The Morgan fingerprint density at radius 3 is 2.48 bits per heavy atom. The molecule has 3 N–H and O–H groups in total. The molecule has 0 spiro atoms. The molecule has 5 heteroatoms. The molecule has 0 saturated carbocycles. The Hall–Kier alpha value is -2.66. The second-order valence-corrected chi connectivity index (χ2v) is 6.31. The number of fused-ring (bicyclic) bond motifs is 1. The molecule has 0 aliphatic heterocycles. The zero-order valence-corrected chi connectivity index (χ0v) is 14.8. The van der Waals surface area contributed by atoms with Gasteiger partial charge in [0.1, 0.15) is 0 Å². The number of nitrogens with zero attached hydrogens (tertiary/aromatic N) is 1. The molecule has 0 aliphatic rings. The van der Waals surface area contributed by atoms with E-state index in [9.17, 15) is 9.59 Å². The summed E-state index contributed by atoms with van der Waals surface area (Å²) in [6.45, 7) is 7.70. The molecule has 2 aromatic rings. The highest BCUT2D eigenvalue weighted by atomic mass is 16.2. The highest BCUT2D eigenvalue weighted by Crippen LogP contribution is 2.20. The van der Waals surface area contributed by atoms with E-state index in [2.05, 4.69) is 24.0 Å². The molecule has 0 bridgehead atoms. The van der Waals surface area contributed by atoms with Crippen LogP contribution < -0.4 is 11.1 Å². The van der Waals surface area contributed by atoms with Crippen LogP contribution in [-0.4, -0.2) is 36.3 Å². The molecule has 0 radical (unpaired) electrons. The summed E-state index contributed by atoms with van der Waals surface area (Å²) in [5.41, 5.74) is 7.24. The molecule has 132 valence electrons. The predicted octanol–water partition coefficient (Wildman–Crippen LogP) is 2.38. The van der Waals surface area contributed by atoms with E-state index in [0.717, 1.165) is 21.9 Å². The van der Waals surface area contributed by atoms with Crippen molar-refractivity contribution in [2.24, 2.45) is 5.73 Å². The minimum Gasteiger partial charge on any atom is -0.348 e. The van der Waals surface area contributed by atoms with Crippen LogP contribution in [0.2, 0.25) is 0 Å². The Bertz CT molecular complexity index is 785. The summed E-state index contributed by atoms with van der Waals surface area (Å²) < 4.78 is 0. The van der Waals surface area contributed by atoms with E-state index < -0.39 is 0 Å². The van der Waals surface area contributed by atoms with E-state index in [4.69, 9.17) is 5.73 Å². The number of carbonyl (C=O) groups is 2. The van der Waals surface area contributed by atoms with Gasteiger partial charge in [-0.25, -0.2) is 0 Å². The monoisotopic (exact) mass is 339 g/mol. The number of carbonyl (C=O) groups excluding carboxylic acids is 2. The first-order chi connectivity index (χ1) is 11.9. The first-order valence-electron chi connectivity index (χ1n) is 8.31. The Kier molecular flexibility index (Phi) is 6.31. The second kappa shape index (κ2) is 8.44. The van der Waals surface area contributed by atoms with Gasteiger partial charge in [-0.3, -0.25) is 9.59 Å². The summed E-state index contributed by atoms with van der Waals surface area (Å²) in [6, 6.07) is 14.0. The highest BCUT2D eigenvalue weighted by molar-refractivity contribution is 5.86. The quantitative estimate of drug-likeness (QED) is 0.761. The highest BCUT2D eigenvalue weighted by Gasteiger charge is 2.17. The van der Waals surface area contributed by atoms with Gasteiger partial charge in [0.15, 0.2) is 0 Å². The predicted molar refractivity (Wildman–Crippen MR) is 101 cm³/mol. The lowest BCUT2D eigenvalue weighted by molar-refractivity contribution is -0.134. The lowest BCUT2D eigenvalue weighted by Gasteiger charge is -2.23. The maximum Gasteiger partial charge on any atom is 0.240 e. The van der Waals surface area contributed by atoms with Gasteiger partial charge >= 0.3 is 0 Å². The van der Waals surface area contributed by atoms with Crippen LogP contribution in [-0.2, 0) is 9.59 Å². The summed E-state index contributed by atoms with van der Waals surface area (Å²) in [6.07, 6.45) is 0. The molecule has 2 rings (SSSR count). The topological polar surface area (TPSA) is 75.4 Å². The molecule has 1 atom stereocenters. The number of nitrogens with two attached hydrogens (primary N) is 1. The summed E-state index contributed by atoms with van der Waals surface area (Å²) >= 11 is 0. The average molecular weight is 339 g/mol. The van der Waals surface area contributed by atoms with Crippen LogP contribution in [0.15, 0.2) is 54.6 Å². The SMILES string of the molecule is C=C(C)CN(CC(=O)NC(C)c1ccc2ccccc2c1)C(=O)CN. The maximum atomic E-state index is 12.3. The van der Waals surface area contributed by atoms with Gasteiger partial charge in [-0.2, -0.15) is 0 Å². The molecule has 0 saturated heterocycles. The van der Waals surface area contributed by atoms with E-state index in [-0.39, 0.29) is 30.9 Å². The van der Waals surface area contributed by atoms with Crippen molar-refractivity contribution in [1.29, 1.82) is 0 Å². The molecule has 0 aliphatic carbocycles. The minimum absolute atomic E-state index is 0.0270. The molecule has 0 heterocycles. The third kappa shape index (κ3) is 5.16. The second-order valence-electron chi connectivity index (χ2n) is 6.31. The van der Waals surface area contributed by atoms with Crippen molar-refractivity contribution < 1.29 is 9.59 Å². The normalized spacial score (nSPS) is 11.8. The van der Waals surface area contributed by atoms with E-state index >= 15 is 0 Å². The zero-order valence-electron chi connectivity index (χ0n) is 14.8. The molecule has 2 aromatic carbocycles. The fourth-order valence-electron chi connectivity index (χ4n) is 2.71. The minimum atomic E-state index is -0.267. The fraction of sp³-hybridized carbons (Fsp3) is 0.300. The number of benzene rings is 2. The molecule has 2 amide bonds. The van der Waals surface area contributed by atoms with Crippen LogP contribution in [0.4, 0.5) is 0 Å². The van der Waals surface area contributed by atoms with Gasteiger partial charge in [0.05, 0.1) is 19.1 Å². The van der Waals surface area contributed by atoms with Crippen molar-refractivity contribution in [1.82, 2.24) is 10.2 Å². The van der Waals surface area contributed by atoms with Crippen LogP contribution in [0.1, 0.15) is 25.5 Å². The molecule has 25 heavy (non-hydrogen) atoms. The lowest BCUT2D eigenvalue weighted by Crippen LogP contribution is -2.44. The van der Waals surface area contributed by atoms with Gasteiger partial charge in [-0.05, 0) is 36.2 Å². The van der Waals surface area contributed by atoms with Gasteiger partial charge in [-0.1, -0.05) is 48.6 Å². The maximum absolute atomic E-state index is 12.3. The molecular weight excluding hydrogens is 314 g/mol. The van der Waals surface area contributed by atoms with Crippen LogP contribution >= 0.6 is 0 Å². The zero-order chi connectivity index (χ0) is 18.4. The summed E-state index contributed by atoms with van der Waals surface area (Å²) in [4.78, 5) is 25.6. The summed E-state index contributed by atoms with van der Waals surface area (Å²) in [7, 11) is 0. The molecular formula is C20H25N3O2. The van der Waals surface area contributed by atoms with Crippen LogP contribution in [0.3, 0.4) is 0 Å². The fourth-order valence-corrected chi connectivity index (χ4v) is 2.71. The van der Waals surface area contributed by atoms with Crippen molar-refractivity contribution in [3.8, 4) is 0 Å². The van der Waals surface area contributed by atoms with Gasteiger partial charge < -0.3 is 16.0 Å². The Balaban J connectivity index is 2.04. The molecule has 0 aromatic heterocycles. The standard InChI is InChI=1S/C20H25N3O2/c1-14(2)12-23(20(25)11-21)13-19(24)22-15(3)17-9-8-16-6-4-5-7-18(16)10-17/h4-10,15H,1,11-13,21H2,2-3H3,(H,22,24). The Morgan fingerprint density at radius 2 is 1.84 bits per heavy atom. The number of amides is 2. The average Bonchev–Trinajstić information content (AvgIpc) is 2.59. The third-order valence-corrected chi connectivity index (χ3v) is 3.97. The van der Waals surface area contributed by atoms with E-state index in [1.165, 1.54) is 4.90 Å². The van der Waals surface area contributed by atoms with Crippen molar-refractivity contribution in [2.75, 3.05) is 19.6 Å². The number of hydrogen-bond donors (Lipinski definition) is 2. The number of hydrogen-bond acceptors (Lipinski definition) is 3. The van der Waals surface area contributed by atoms with E-state index in [1.807, 2.05) is 44.2 Å². The lowest BCUT2D eigenvalue weighted by atomic mass is 10.0. The first-order valence-corrected chi connectivity index (χ1v) is 8.31. The summed E-state index contributed by atoms with van der Waals surface area (Å²) in [5, 5.41) is 5.23. The van der Waals surface area contributed by atoms with E-state index in [1.54, 1.807) is 0 Å². The van der Waals surface area contributed by atoms with Gasteiger partial charge in [0.25, 0.3) is 0 Å². The third-order valence-electron chi connectivity index (χ3n) is 3.97. The number of nitrogens with one attached hydrogen (secondary N) is 1. The van der Waals surface area contributed by atoms with Crippen LogP contribution in [0.25, 0.3) is 10.8 Å². The number of rotatable bonds is 7. The van der Waals surface area contributed by atoms with Gasteiger partial charge in [0, 0.05) is 6.54 Å². The van der Waals surface area contributed by atoms with Crippen molar-refractivity contribution >= 4 is 22.6 Å². The van der Waals surface area contributed by atoms with Crippen molar-refractivity contribution in [3.05, 3.63) is 60.2 Å². The van der Waals surface area contributed by atoms with Crippen molar-refractivity contribution in [3.63, 3.8) is 0 Å². The molecule has 5 nitrogen and oxygen atoms in total. The van der Waals surface area contributed by atoms with Crippen molar-refractivity contribution in [2.45, 2.75) is 19.9 Å². The Labute approximate surface area is 148 Å². The smallest absolute Gasteiger partial charge is 0.240 e. The van der Waals surface area contributed by atoms with Crippen LogP contribution in [0, 0.1) is 0 Å². The largest absolute Gasteiger partial charge is 0.348 e. The molecule has 0 fully saturated rings. The van der Waals surface area contributed by atoms with Crippen LogP contribution in [0.5, 0.6) is 0 Å².